The number of carbonyl (C=O) groups is 1. The van der Waals surface area contributed by atoms with Crippen molar-refractivity contribution in [3.05, 3.63) is 0 Å². The summed E-state index contributed by atoms with van der Waals surface area (Å²) in [5.41, 5.74) is 0.0223. The van der Waals surface area contributed by atoms with Crippen molar-refractivity contribution in [2.24, 2.45) is 16.7 Å². The molecule has 3 aliphatic rings. The first-order chi connectivity index (χ1) is 10.2. The van der Waals surface area contributed by atoms with E-state index in [2.05, 4.69) is 10.6 Å². The Bertz CT molecular complexity index is 379. The predicted octanol–water partition coefficient (Wildman–Crippen LogP) is 1.83. The lowest BCUT2D eigenvalue weighted by Gasteiger charge is -2.38. The van der Waals surface area contributed by atoms with Crippen molar-refractivity contribution in [3.63, 3.8) is 0 Å². The average molecular weight is 294 g/mol. The van der Waals surface area contributed by atoms with Crippen LogP contribution in [0.4, 0.5) is 0 Å². The fourth-order valence-electron chi connectivity index (χ4n) is 5.01. The minimum atomic E-state index is -0.142. The Morgan fingerprint density at radius 3 is 2.71 bits per heavy atom. The Hall–Kier alpha value is -0.610. The van der Waals surface area contributed by atoms with Gasteiger partial charge in [0.05, 0.1) is 5.41 Å². The summed E-state index contributed by atoms with van der Waals surface area (Å²) in [6.45, 7) is 2.87. The molecule has 3 rings (SSSR count). The number of aliphatic hydroxyl groups excluding tert-OH is 1. The highest BCUT2D eigenvalue weighted by Crippen LogP contribution is 2.45. The summed E-state index contributed by atoms with van der Waals surface area (Å²) in [7, 11) is 0. The number of fused-ring (bicyclic) bond motifs is 1. The zero-order valence-electron chi connectivity index (χ0n) is 13.1. The largest absolute Gasteiger partial charge is 0.396 e. The number of aliphatic hydroxyl groups is 1. The Labute approximate surface area is 128 Å². The van der Waals surface area contributed by atoms with Crippen LogP contribution in [-0.2, 0) is 4.79 Å². The standard InChI is InChI=1S/C17H30N2O2/c20-10-9-16(6-3-4-7-16)12-19-15(21)17-8-2-1-5-14(17)11-18-13-17/h14,18,20H,1-13H2,(H,19,21)/t14-,17+/m0/s1. The van der Waals surface area contributed by atoms with Crippen LogP contribution in [0.15, 0.2) is 0 Å². The second-order valence-corrected chi connectivity index (χ2v) is 7.59. The molecule has 2 atom stereocenters. The van der Waals surface area contributed by atoms with E-state index in [-0.39, 0.29) is 23.3 Å². The van der Waals surface area contributed by atoms with Crippen LogP contribution in [0.2, 0.25) is 0 Å². The minimum Gasteiger partial charge on any atom is -0.396 e. The molecule has 21 heavy (non-hydrogen) atoms. The summed E-state index contributed by atoms with van der Waals surface area (Å²) < 4.78 is 0. The van der Waals surface area contributed by atoms with Gasteiger partial charge in [0.25, 0.3) is 0 Å². The highest BCUT2D eigenvalue weighted by Gasteiger charge is 2.50. The zero-order valence-corrected chi connectivity index (χ0v) is 13.1. The molecule has 0 bridgehead atoms. The fourth-order valence-corrected chi connectivity index (χ4v) is 5.01. The van der Waals surface area contributed by atoms with Gasteiger partial charge in [0.15, 0.2) is 0 Å². The van der Waals surface area contributed by atoms with Crippen LogP contribution in [0.1, 0.15) is 57.8 Å². The van der Waals surface area contributed by atoms with Gasteiger partial charge in [-0.05, 0) is 50.0 Å². The van der Waals surface area contributed by atoms with Crippen molar-refractivity contribution in [1.82, 2.24) is 10.6 Å². The minimum absolute atomic E-state index is 0.142. The second kappa shape index (κ2) is 6.25. The lowest BCUT2D eigenvalue weighted by molar-refractivity contribution is -0.134. The molecule has 2 aliphatic carbocycles. The monoisotopic (exact) mass is 294 g/mol. The van der Waals surface area contributed by atoms with Gasteiger partial charge in [0, 0.05) is 19.7 Å². The molecule has 1 heterocycles. The smallest absolute Gasteiger partial charge is 0.227 e. The van der Waals surface area contributed by atoms with Crippen LogP contribution >= 0.6 is 0 Å². The fraction of sp³-hybridized carbons (Fsp3) is 0.941. The van der Waals surface area contributed by atoms with E-state index in [4.69, 9.17) is 0 Å². The molecule has 3 N–H and O–H groups in total. The van der Waals surface area contributed by atoms with Gasteiger partial charge in [-0.1, -0.05) is 25.7 Å². The SMILES string of the molecule is O=C(NCC1(CCO)CCCC1)[C@@]12CCCC[C@H]1CNC2. The molecule has 1 aliphatic heterocycles. The van der Waals surface area contributed by atoms with Gasteiger partial charge in [-0.25, -0.2) is 0 Å². The number of amides is 1. The van der Waals surface area contributed by atoms with Crippen molar-refractivity contribution in [2.75, 3.05) is 26.2 Å². The van der Waals surface area contributed by atoms with E-state index < -0.39 is 0 Å². The normalized spacial score (nSPS) is 34.6. The zero-order chi connectivity index (χ0) is 14.8. The van der Waals surface area contributed by atoms with E-state index >= 15 is 0 Å². The molecule has 4 nitrogen and oxygen atoms in total. The highest BCUT2D eigenvalue weighted by molar-refractivity contribution is 5.84. The number of hydrogen-bond acceptors (Lipinski definition) is 3. The van der Waals surface area contributed by atoms with Gasteiger partial charge in [-0.3, -0.25) is 4.79 Å². The molecule has 0 spiro atoms. The summed E-state index contributed by atoms with van der Waals surface area (Å²) in [5, 5.41) is 16.1. The summed E-state index contributed by atoms with van der Waals surface area (Å²) in [6.07, 6.45) is 10.3. The molecule has 0 unspecified atom stereocenters. The van der Waals surface area contributed by atoms with E-state index in [1.54, 1.807) is 0 Å². The van der Waals surface area contributed by atoms with Crippen LogP contribution in [0.25, 0.3) is 0 Å². The van der Waals surface area contributed by atoms with E-state index in [0.717, 1.165) is 45.3 Å². The first-order valence-corrected chi connectivity index (χ1v) is 8.81. The van der Waals surface area contributed by atoms with Crippen molar-refractivity contribution in [3.8, 4) is 0 Å². The van der Waals surface area contributed by atoms with Gasteiger partial charge in [0.1, 0.15) is 0 Å². The Balaban J connectivity index is 1.63. The number of carbonyl (C=O) groups excluding carboxylic acids is 1. The quantitative estimate of drug-likeness (QED) is 0.725. The third-order valence-electron chi connectivity index (χ3n) is 6.42. The first-order valence-electron chi connectivity index (χ1n) is 8.81. The molecule has 0 radical (unpaired) electrons. The van der Waals surface area contributed by atoms with E-state index in [1.807, 2.05) is 0 Å². The highest BCUT2D eigenvalue weighted by atomic mass is 16.3. The molecule has 3 fully saturated rings. The average Bonchev–Trinajstić information content (AvgIpc) is 3.13. The molecule has 120 valence electrons. The van der Waals surface area contributed by atoms with Gasteiger partial charge in [-0.2, -0.15) is 0 Å². The van der Waals surface area contributed by atoms with Crippen molar-refractivity contribution < 1.29 is 9.90 Å². The maximum Gasteiger partial charge on any atom is 0.227 e. The van der Waals surface area contributed by atoms with Crippen LogP contribution in [0.5, 0.6) is 0 Å². The Morgan fingerprint density at radius 1 is 1.19 bits per heavy atom. The van der Waals surface area contributed by atoms with Crippen LogP contribution in [-0.4, -0.2) is 37.3 Å². The van der Waals surface area contributed by atoms with E-state index in [1.165, 1.54) is 32.1 Å². The third kappa shape index (κ3) is 2.85. The molecule has 4 heteroatoms. The van der Waals surface area contributed by atoms with Gasteiger partial charge in [0.2, 0.25) is 5.91 Å². The Kier molecular flexibility index (Phi) is 4.55. The number of rotatable bonds is 5. The van der Waals surface area contributed by atoms with Crippen molar-refractivity contribution in [1.29, 1.82) is 0 Å². The Morgan fingerprint density at radius 2 is 1.95 bits per heavy atom. The van der Waals surface area contributed by atoms with Gasteiger partial charge < -0.3 is 15.7 Å². The molecule has 1 saturated heterocycles. The van der Waals surface area contributed by atoms with E-state index in [0.29, 0.717) is 5.92 Å². The molecule has 2 saturated carbocycles. The molecular weight excluding hydrogens is 264 g/mol. The van der Waals surface area contributed by atoms with Gasteiger partial charge in [-0.15, -0.1) is 0 Å². The second-order valence-electron chi connectivity index (χ2n) is 7.59. The maximum atomic E-state index is 12.9. The lowest BCUT2D eigenvalue weighted by Crippen LogP contribution is -2.50. The summed E-state index contributed by atoms with van der Waals surface area (Å²) >= 11 is 0. The lowest BCUT2D eigenvalue weighted by atomic mass is 9.67. The molecular formula is C17H30N2O2. The first kappa shape index (κ1) is 15.3. The summed E-state index contributed by atoms with van der Waals surface area (Å²) in [4.78, 5) is 12.9. The maximum absolute atomic E-state index is 12.9. The van der Waals surface area contributed by atoms with Crippen LogP contribution < -0.4 is 10.6 Å². The summed E-state index contributed by atoms with van der Waals surface area (Å²) in [5.74, 6) is 0.810. The molecule has 1 amide bonds. The molecule has 0 aromatic carbocycles. The predicted molar refractivity (Wildman–Crippen MR) is 82.9 cm³/mol. The van der Waals surface area contributed by atoms with Crippen molar-refractivity contribution in [2.45, 2.75) is 57.8 Å². The molecule has 0 aromatic heterocycles. The summed E-state index contributed by atoms with van der Waals surface area (Å²) in [6, 6.07) is 0. The van der Waals surface area contributed by atoms with Crippen molar-refractivity contribution >= 4 is 5.91 Å². The van der Waals surface area contributed by atoms with E-state index in [9.17, 15) is 9.90 Å². The third-order valence-corrected chi connectivity index (χ3v) is 6.42. The number of hydrogen-bond donors (Lipinski definition) is 3. The number of nitrogens with one attached hydrogen (secondary N) is 2. The molecule has 0 aromatic rings. The topological polar surface area (TPSA) is 61.4 Å². The van der Waals surface area contributed by atoms with Crippen LogP contribution in [0.3, 0.4) is 0 Å². The van der Waals surface area contributed by atoms with Gasteiger partial charge >= 0.3 is 0 Å². The van der Waals surface area contributed by atoms with Crippen LogP contribution in [0, 0.1) is 16.7 Å².